The third-order valence-corrected chi connectivity index (χ3v) is 6.81. The van der Waals surface area contributed by atoms with Crippen molar-refractivity contribution in [2.45, 2.75) is 49.6 Å². The maximum absolute atomic E-state index is 12.7. The van der Waals surface area contributed by atoms with E-state index in [0.29, 0.717) is 6.04 Å². The number of benzene rings is 1. The molecule has 0 radical (unpaired) electrons. The molecule has 0 spiro atoms. The van der Waals surface area contributed by atoms with Gasteiger partial charge < -0.3 is 5.32 Å². The average molecular weight is 336 g/mol. The van der Waals surface area contributed by atoms with Gasteiger partial charge >= 0.3 is 0 Å². The molecule has 2 fully saturated rings. The molecule has 1 N–H and O–H groups in total. The number of piperidine rings is 1. The van der Waals surface area contributed by atoms with Gasteiger partial charge in [0.05, 0.1) is 16.2 Å². The Hall–Kier alpha value is -1.40. The zero-order valence-corrected chi connectivity index (χ0v) is 14.3. The number of rotatable bonds is 4. The Morgan fingerprint density at radius 1 is 1.22 bits per heavy atom. The van der Waals surface area contributed by atoms with Gasteiger partial charge in [-0.25, -0.2) is 8.42 Å². The molecule has 1 amide bonds. The molecule has 126 valence electrons. The monoisotopic (exact) mass is 336 g/mol. The van der Waals surface area contributed by atoms with Crippen molar-refractivity contribution in [1.82, 2.24) is 10.2 Å². The van der Waals surface area contributed by atoms with Crippen molar-refractivity contribution in [3.8, 4) is 0 Å². The fourth-order valence-corrected chi connectivity index (χ4v) is 4.84. The minimum absolute atomic E-state index is 0.00285. The smallest absolute Gasteiger partial charge is 0.252 e. The average Bonchev–Trinajstić information content (AvgIpc) is 2.98. The zero-order valence-electron chi connectivity index (χ0n) is 13.5. The zero-order chi connectivity index (χ0) is 16.4. The first-order valence-corrected chi connectivity index (χ1v) is 10.0. The van der Waals surface area contributed by atoms with Crippen molar-refractivity contribution in [2.24, 2.45) is 0 Å². The van der Waals surface area contributed by atoms with Crippen LogP contribution in [0.3, 0.4) is 0 Å². The summed E-state index contributed by atoms with van der Waals surface area (Å²) >= 11 is 0. The van der Waals surface area contributed by atoms with E-state index in [4.69, 9.17) is 0 Å². The highest BCUT2D eigenvalue weighted by molar-refractivity contribution is 7.91. The number of hydrogen-bond acceptors (Lipinski definition) is 4. The molecular formula is C17H24N2O3S. The lowest BCUT2D eigenvalue weighted by Gasteiger charge is -2.32. The molecular weight excluding hydrogens is 312 g/mol. The molecule has 2 heterocycles. The number of carbonyl (C=O) groups excluding carboxylic acids is 1. The van der Waals surface area contributed by atoms with E-state index < -0.39 is 9.84 Å². The molecule has 1 aromatic carbocycles. The molecule has 0 saturated carbocycles. The third-order valence-electron chi connectivity index (χ3n) is 5.02. The molecule has 2 atom stereocenters. The van der Waals surface area contributed by atoms with Crippen LogP contribution in [0.5, 0.6) is 0 Å². The third kappa shape index (κ3) is 3.28. The molecule has 2 saturated heterocycles. The number of sulfone groups is 1. The first-order valence-electron chi connectivity index (χ1n) is 8.39. The quantitative estimate of drug-likeness (QED) is 0.911. The van der Waals surface area contributed by atoms with Gasteiger partial charge in [-0.15, -0.1) is 0 Å². The summed E-state index contributed by atoms with van der Waals surface area (Å²) in [4.78, 5) is 15.2. The summed E-state index contributed by atoms with van der Waals surface area (Å²) in [6.45, 7) is 3.73. The maximum atomic E-state index is 12.7. The van der Waals surface area contributed by atoms with Crippen LogP contribution < -0.4 is 5.32 Å². The van der Waals surface area contributed by atoms with Crippen molar-refractivity contribution >= 4 is 15.7 Å². The van der Waals surface area contributed by atoms with Gasteiger partial charge in [-0.1, -0.05) is 25.5 Å². The fourth-order valence-electron chi connectivity index (χ4n) is 3.74. The molecule has 23 heavy (non-hydrogen) atoms. The Kier molecular flexibility index (Phi) is 4.73. The number of fused-ring (bicyclic) bond motifs is 1. The molecule has 5 nitrogen and oxygen atoms in total. The molecule has 0 unspecified atom stereocenters. The van der Waals surface area contributed by atoms with Crippen LogP contribution in [0, 0.1) is 0 Å². The van der Waals surface area contributed by atoms with Crippen molar-refractivity contribution in [1.29, 1.82) is 0 Å². The van der Waals surface area contributed by atoms with E-state index in [1.807, 2.05) is 0 Å². The predicted molar refractivity (Wildman–Crippen MR) is 89.3 cm³/mol. The molecule has 3 rings (SSSR count). The van der Waals surface area contributed by atoms with Crippen LogP contribution in [0.15, 0.2) is 29.2 Å². The van der Waals surface area contributed by atoms with E-state index >= 15 is 0 Å². The summed E-state index contributed by atoms with van der Waals surface area (Å²) in [5.74, 6) is -0.271. The highest BCUT2D eigenvalue weighted by atomic mass is 32.2. The van der Waals surface area contributed by atoms with Crippen LogP contribution >= 0.6 is 0 Å². The van der Waals surface area contributed by atoms with Crippen LogP contribution in [0.2, 0.25) is 0 Å². The van der Waals surface area contributed by atoms with E-state index in [-0.39, 0.29) is 28.2 Å². The Morgan fingerprint density at radius 2 is 2.00 bits per heavy atom. The molecule has 6 heteroatoms. The van der Waals surface area contributed by atoms with Gasteiger partial charge in [0, 0.05) is 18.6 Å². The molecule has 0 aromatic heterocycles. The highest BCUT2D eigenvalue weighted by Crippen LogP contribution is 2.27. The van der Waals surface area contributed by atoms with Crippen molar-refractivity contribution in [3.05, 3.63) is 29.8 Å². The summed E-state index contributed by atoms with van der Waals surface area (Å²) in [6.07, 6.45) is 4.49. The molecule has 2 aliphatic heterocycles. The van der Waals surface area contributed by atoms with Crippen molar-refractivity contribution in [2.75, 3.05) is 18.8 Å². The predicted octanol–water partition coefficient (Wildman–Crippen LogP) is 1.84. The molecule has 0 bridgehead atoms. The Labute approximate surface area is 138 Å². The number of nitrogens with one attached hydrogen (secondary N) is 1. The molecule has 2 aliphatic rings. The van der Waals surface area contributed by atoms with E-state index in [9.17, 15) is 13.2 Å². The van der Waals surface area contributed by atoms with Gasteiger partial charge in [0.25, 0.3) is 5.91 Å². The Balaban J connectivity index is 1.79. The van der Waals surface area contributed by atoms with Gasteiger partial charge in [-0.05, 0) is 37.9 Å². The minimum Gasteiger partial charge on any atom is -0.348 e. The maximum Gasteiger partial charge on any atom is 0.252 e. The Bertz CT molecular complexity index is 687. The van der Waals surface area contributed by atoms with Crippen molar-refractivity contribution in [3.63, 3.8) is 0 Å². The summed E-state index contributed by atoms with van der Waals surface area (Å²) < 4.78 is 24.4. The molecule has 1 aromatic rings. The second-order valence-electron chi connectivity index (χ2n) is 6.37. The van der Waals surface area contributed by atoms with Crippen LogP contribution in [-0.2, 0) is 9.84 Å². The van der Waals surface area contributed by atoms with Crippen molar-refractivity contribution < 1.29 is 13.2 Å². The summed E-state index contributed by atoms with van der Waals surface area (Å²) in [5, 5.41) is 3.09. The number of amides is 1. The van der Waals surface area contributed by atoms with Crippen LogP contribution in [0.4, 0.5) is 0 Å². The van der Waals surface area contributed by atoms with Crippen LogP contribution in [0.1, 0.15) is 43.0 Å². The lowest BCUT2D eigenvalue weighted by Crippen LogP contribution is -2.47. The van der Waals surface area contributed by atoms with Crippen LogP contribution in [0.25, 0.3) is 0 Å². The standard InChI is InChI=1S/C17H24N2O3S/c1-2-23(21,22)16-9-4-3-7-13(16)17(20)18-14-10-12-19-11-6-5-8-15(14)19/h3-4,7,9,14-15H,2,5-6,8,10-12H2,1H3,(H,18,20)/t14-,15+/m1/s1. The van der Waals surface area contributed by atoms with E-state index in [2.05, 4.69) is 10.2 Å². The normalized spacial score (nSPS) is 25.1. The summed E-state index contributed by atoms with van der Waals surface area (Å²) in [7, 11) is -3.40. The summed E-state index contributed by atoms with van der Waals surface area (Å²) in [6, 6.07) is 7.03. The largest absolute Gasteiger partial charge is 0.348 e. The van der Waals surface area contributed by atoms with Gasteiger partial charge in [0.2, 0.25) is 0 Å². The Morgan fingerprint density at radius 3 is 2.78 bits per heavy atom. The SMILES string of the molecule is CCS(=O)(=O)c1ccccc1C(=O)N[C@@H]1CCN2CCCC[C@@H]12. The number of hydrogen-bond donors (Lipinski definition) is 1. The highest BCUT2D eigenvalue weighted by Gasteiger charge is 2.36. The fraction of sp³-hybridized carbons (Fsp3) is 0.588. The van der Waals surface area contributed by atoms with Gasteiger partial charge in [0.15, 0.2) is 9.84 Å². The molecule has 0 aliphatic carbocycles. The van der Waals surface area contributed by atoms with E-state index in [0.717, 1.165) is 25.9 Å². The lowest BCUT2D eigenvalue weighted by atomic mass is 9.99. The first-order chi connectivity index (χ1) is 11.0. The lowest BCUT2D eigenvalue weighted by molar-refractivity contribution is 0.0912. The van der Waals surface area contributed by atoms with Gasteiger partial charge in [-0.3, -0.25) is 9.69 Å². The van der Waals surface area contributed by atoms with Crippen LogP contribution in [-0.4, -0.2) is 50.2 Å². The van der Waals surface area contributed by atoms with E-state index in [1.54, 1.807) is 25.1 Å². The number of carbonyl (C=O) groups is 1. The van der Waals surface area contributed by atoms with E-state index in [1.165, 1.54) is 18.9 Å². The first kappa shape index (κ1) is 16.5. The number of nitrogens with zero attached hydrogens (tertiary/aromatic N) is 1. The summed E-state index contributed by atoms with van der Waals surface area (Å²) in [5.41, 5.74) is 0.267. The van der Waals surface area contributed by atoms with Gasteiger partial charge in [-0.2, -0.15) is 0 Å². The van der Waals surface area contributed by atoms with Gasteiger partial charge in [0.1, 0.15) is 0 Å². The minimum atomic E-state index is -3.40. The second kappa shape index (κ2) is 6.61. The second-order valence-corrected chi connectivity index (χ2v) is 8.61. The topological polar surface area (TPSA) is 66.5 Å².